The zero-order valence-electron chi connectivity index (χ0n) is 20.6. The van der Waals surface area contributed by atoms with E-state index in [0.717, 1.165) is 5.56 Å². The van der Waals surface area contributed by atoms with E-state index < -0.39 is 27.1 Å². The molecule has 0 bridgehead atoms. The summed E-state index contributed by atoms with van der Waals surface area (Å²) in [5.41, 5.74) is 0.268. The number of sulfonamides is 1. The van der Waals surface area contributed by atoms with Crippen LogP contribution in [0.4, 0.5) is 8.78 Å². The number of ketones is 1. The van der Waals surface area contributed by atoms with Gasteiger partial charge in [-0.15, -0.1) is 0 Å². The molecule has 5 rings (SSSR count). The molecule has 196 valence electrons. The Bertz CT molecular complexity index is 1560. The van der Waals surface area contributed by atoms with Gasteiger partial charge in [-0.2, -0.15) is 9.29 Å². The highest BCUT2D eigenvalue weighted by molar-refractivity contribution is 7.89. The molecule has 1 aromatic heterocycles. The molecular weight excluding hydrogens is 512 g/mol. The third-order valence-electron chi connectivity index (χ3n) is 7.05. The van der Waals surface area contributed by atoms with Gasteiger partial charge in [0.2, 0.25) is 15.9 Å². The summed E-state index contributed by atoms with van der Waals surface area (Å²) in [5, 5.41) is 4.00. The number of Topliss-reactive ketones (excluding diaryl/α,β-unsaturated/α-hetero) is 1. The molecule has 38 heavy (non-hydrogen) atoms. The summed E-state index contributed by atoms with van der Waals surface area (Å²) >= 11 is 0. The topological polar surface area (TPSA) is 93.4 Å². The second kappa shape index (κ2) is 10.2. The van der Waals surface area contributed by atoms with E-state index in [1.807, 2.05) is 30.3 Å². The van der Waals surface area contributed by atoms with E-state index >= 15 is 0 Å². The van der Waals surface area contributed by atoms with Crippen LogP contribution in [0.1, 0.15) is 53.0 Å². The van der Waals surface area contributed by atoms with Crippen LogP contribution in [0.25, 0.3) is 0 Å². The van der Waals surface area contributed by atoms with Crippen LogP contribution in [0.3, 0.4) is 0 Å². The van der Waals surface area contributed by atoms with Gasteiger partial charge in [0.15, 0.2) is 11.6 Å². The maximum Gasteiger partial charge on any atom is 0.243 e. The van der Waals surface area contributed by atoms with E-state index in [0.29, 0.717) is 18.4 Å². The van der Waals surface area contributed by atoms with Gasteiger partial charge in [-0.25, -0.2) is 17.2 Å². The minimum atomic E-state index is -3.85. The molecular formula is C28H25F2N3O4S. The number of carbonyl (C=O) groups is 1. The molecule has 2 heterocycles. The molecule has 7 nitrogen and oxygen atoms in total. The minimum Gasteiger partial charge on any atom is -0.338 e. The lowest BCUT2D eigenvalue weighted by atomic mass is 9.73. The standard InChI is InChI=1S/C28H25F2N3O4S/c1-19(34)20-7-5-10-22(17-20)38(35,36)33-15-13-28(14-16-33,21-8-3-2-4-9-21)27-31-26(32-37-27)18-23-24(29)11-6-12-25(23)30/h2-12,17H,13-16,18H2,1H3. The van der Waals surface area contributed by atoms with Crippen molar-refractivity contribution >= 4 is 15.8 Å². The number of benzene rings is 3. The third kappa shape index (κ3) is 4.77. The van der Waals surface area contributed by atoms with Gasteiger partial charge in [0, 0.05) is 30.6 Å². The van der Waals surface area contributed by atoms with Gasteiger partial charge in [0.25, 0.3) is 0 Å². The zero-order valence-corrected chi connectivity index (χ0v) is 21.4. The van der Waals surface area contributed by atoms with Crippen molar-refractivity contribution in [3.8, 4) is 0 Å². The zero-order chi connectivity index (χ0) is 26.9. The highest BCUT2D eigenvalue weighted by Crippen LogP contribution is 2.42. The summed E-state index contributed by atoms with van der Waals surface area (Å²) in [6.07, 6.45) is 0.510. The normalized spacial score (nSPS) is 15.9. The molecule has 4 aromatic rings. The maximum absolute atomic E-state index is 14.2. The lowest BCUT2D eigenvalue weighted by Gasteiger charge is -2.39. The van der Waals surface area contributed by atoms with Crippen LogP contribution >= 0.6 is 0 Å². The van der Waals surface area contributed by atoms with Crippen molar-refractivity contribution in [2.45, 2.75) is 36.5 Å². The Balaban J connectivity index is 1.45. The van der Waals surface area contributed by atoms with Crippen molar-refractivity contribution in [2.75, 3.05) is 13.1 Å². The molecule has 3 aromatic carbocycles. The number of hydrogen-bond acceptors (Lipinski definition) is 6. The number of aromatic nitrogens is 2. The number of hydrogen-bond donors (Lipinski definition) is 0. The largest absolute Gasteiger partial charge is 0.338 e. The molecule has 0 saturated carbocycles. The smallest absolute Gasteiger partial charge is 0.243 e. The fourth-order valence-electron chi connectivity index (χ4n) is 4.90. The average molecular weight is 538 g/mol. The molecule has 0 N–H and O–H groups in total. The van der Waals surface area contributed by atoms with Crippen molar-refractivity contribution in [1.82, 2.24) is 14.4 Å². The fourth-order valence-corrected chi connectivity index (χ4v) is 6.38. The van der Waals surface area contributed by atoms with Gasteiger partial charge in [0.1, 0.15) is 11.6 Å². The lowest BCUT2D eigenvalue weighted by molar-refractivity contribution is 0.101. The number of piperidine rings is 1. The first kappa shape index (κ1) is 25.9. The fraction of sp³-hybridized carbons (Fsp3) is 0.250. The Morgan fingerprint density at radius 2 is 1.63 bits per heavy atom. The summed E-state index contributed by atoms with van der Waals surface area (Å²) in [7, 11) is -3.85. The summed E-state index contributed by atoms with van der Waals surface area (Å²) in [6, 6.07) is 19.1. The number of nitrogens with zero attached hydrogens (tertiary/aromatic N) is 3. The quantitative estimate of drug-likeness (QED) is 0.311. The van der Waals surface area contributed by atoms with Crippen molar-refractivity contribution in [3.05, 3.63) is 113 Å². The molecule has 1 aliphatic heterocycles. The summed E-state index contributed by atoms with van der Waals surface area (Å²) < 4.78 is 62.2. The first-order valence-corrected chi connectivity index (χ1v) is 13.6. The summed E-state index contributed by atoms with van der Waals surface area (Å²) in [4.78, 5) is 16.4. The second-order valence-corrected chi connectivity index (χ2v) is 11.3. The van der Waals surface area contributed by atoms with Gasteiger partial charge in [-0.3, -0.25) is 4.79 Å². The van der Waals surface area contributed by atoms with Crippen molar-refractivity contribution in [3.63, 3.8) is 0 Å². The third-order valence-corrected chi connectivity index (χ3v) is 8.95. The molecule has 10 heteroatoms. The SMILES string of the molecule is CC(=O)c1cccc(S(=O)(=O)N2CCC(c3ccccc3)(c3nc(Cc4c(F)cccc4F)no3)CC2)c1. The van der Waals surface area contributed by atoms with Crippen LogP contribution < -0.4 is 0 Å². The summed E-state index contributed by atoms with van der Waals surface area (Å²) in [5.74, 6) is -1.20. The van der Waals surface area contributed by atoms with Gasteiger partial charge < -0.3 is 4.52 Å². The van der Waals surface area contributed by atoms with Crippen molar-refractivity contribution < 1.29 is 26.5 Å². The molecule has 1 fully saturated rings. The predicted molar refractivity (Wildman–Crippen MR) is 135 cm³/mol. The van der Waals surface area contributed by atoms with E-state index in [9.17, 15) is 22.0 Å². The number of carbonyl (C=O) groups excluding carboxylic acids is 1. The van der Waals surface area contributed by atoms with E-state index in [4.69, 9.17) is 4.52 Å². The van der Waals surface area contributed by atoms with E-state index in [2.05, 4.69) is 10.1 Å². The number of halogens is 2. The Labute approximate surface area is 219 Å². The van der Waals surface area contributed by atoms with Gasteiger partial charge >= 0.3 is 0 Å². The van der Waals surface area contributed by atoms with E-state index in [-0.39, 0.29) is 47.5 Å². The molecule has 0 aliphatic carbocycles. The predicted octanol–water partition coefficient (Wildman–Crippen LogP) is 4.91. The Hall–Kier alpha value is -3.76. The van der Waals surface area contributed by atoms with Crippen LogP contribution in [-0.2, 0) is 21.9 Å². The Morgan fingerprint density at radius 1 is 0.974 bits per heavy atom. The molecule has 0 amide bonds. The first-order valence-electron chi connectivity index (χ1n) is 12.1. The van der Waals surface area contributed by atoms with Gasteiger partial charge in [-0.1, -0.05) is 53.7 Å². The van der Waals surface area contributed by atoms with Crippen LogP contribution in [0.5, 0.6) is 0 Å². The van der Waals surface area contributed by atoms with Crippen LogP contribution in [0, 0.1) is 11.6 Å². The highest BCUT2D eigenvalue weighted by atomic mass is 32.2. The van der Waals surface area contributed by atoms with E-state index in [1.54, 1.807) is 12.1 Å². The van der Waals surface area contributed by atoms with Crippen LogP contribution in [-0.4, -0.2) is 41.7 Å². The van der Waals surface area contributed by atoms with Crippen LogP contribution in [0.2, 0.25) is 0 Å². The number of rotatable bonds is 7. The summed E-state index contributed by atoms with van der Waals surface area (Å²) in [6.45, 7) is 1.72. The molecule has 0 spiro atoms. The molecule has 1 saturated heterocycles. The monoisotopic (exact) mass is 537 g/mol. The van der Waals surface area contributed by atoms with Crippen LogP contribution in [0.15, 0.2) is 82.2 Å². The second-order valence-electron chi connectivity index (χ2n) is 9.33. The van der Waals surface area contributed by atoms with Crippen molar-refractivity contribution in [2.24, 2.45) is 0 Å². The Morgan fingerprint density at radius 3 is 2.29 bits per heavy atom. The molecule has 1 aliphatic rings. The Kier molecular flexibility index (Phi) is 6.93. The highest BCUT2D eigenvalue weighted by Gasteiger charge is 2.45. The lowest BCUT2D eigenvalue weighted by Crippen LogP contribution is -2.46. The van der Waals surface area contributed by atoms with Gasteiger partial charge in [-0.05, 0) is 49.6 Å². The first-order chi connectivity index (χ1) is 18.2. The van der Waals surface area contributed by atoms with E-state index in [1.165, 1.54) is 41.6 Å². The molecule has 0 radical (unpaired) electrons. The maximum atomic E-state index is 14.2. The molecule has 0 atom stereocenters. The van der Waals surface area contributed by atoms with Gasteiger partial charge in [0.05, 0.1) is 10.3 Å². The minimum absolute atomic E-state index is 0.0596. The average Bonchev–Trinajstić information content (AvgIpc) is 3.41. The van der Waals surface area contributed by atoms with Crippen molar-refractivity contribution in [1.29, 1.82) is 0 Å². The molecule has 0 unspecified atom stereocenters.